The highest BCUT2D eigenvalue weighted by atomic mass is 16.5. The number of carbonyl (C=O) groups excluding carboxylic acids is 3. The van der Waals surface area contributed by atoms with Gasteiger partial charge in [0.05, 0.1) is 12.1 Å². The lowest BCUT2D eigenvalue weighted by molar-refractivity contribution is -0.129. The number of rotatable bonds is 7. The zero-order valence-corrected chi connectivity index (χ0v) is 19.9. The number of amides is 4. The number of aryl methyl sites for hydroxylation is 2. The van der Waals surface area contributed by atoms with Crippen molar-refractivity contribution >= 4 is 34.9 Å². The zero-order chi connectivity index (χ0) is 25.0. The van der Waals surface area contributed by atoms with Crippen LogP contribution < -0.4 is 20.9 Å². The standard InChI is InChI=1S/C27H28N4O4/c1-18-8-12-20(13-9-18)28-24(32)16-27(30-26(34)29-21-14-10-19(2)11-15-21)22-6-4-5-7-23(22)31(17-35-3)25(27)33/h4-15H,16-17H2,1-3H3,(H,28,32)(H2,29,30,34). The van der Waals surface area contributed by atoms with Crippen LogP contribution in [-0.2, 0) is 19.9 Å². The van der Waals surface area contributed by atoms with Gasteiger partial charge in [0.25, 0.3) is 5.91 Å². The molecule has 1 heterocycles. The summed E-state index contributed by atoms with van der Waals surface area (Å²) in [5.74, 6) is -0.856. The summed E-state index contributed by atoms with van der Waals surface area (Å²) in [6.45, 7) is 3.89. The van der Waals surface area contributed by atoms with Crippen molar-refractivity contribution < 1.29 is 19.1 Å². The fourth-order valence-corrected chi connectivity index (χ4v) is 4.19. The number of hydrogen-bond donors (Lipinski definition) is 3. The van der Waals surface area contributed by atoms with Gasteiger partial charge in [-0.3, -0.25) is 14.5 Å². The molecule has 3 N–H and O–H groups in total. The number of fused-ring (bicyclic) bond motifs is 1. The maximum atomic E-state index is 13.8. The highest BCUT2D eigenvalue weighted by molar-refractivity contribution is 6.12. The van der Waals surface area contributed by atoms with Gasteiger partial charge in [0.15, 0.2) is 5.54 Å². The van der Waals surface area contributed by atoms with Crippen LogP contribution in [0.4, 0.5) is 21.9 Å². The van der Waals surface area contributed by atoms with E-state index in [1.807, 2.05) is 38.1 Å². The minimum Gasteiger partial charge on any atom is -0.364 e. The number of hydrogen-bond acceptors (Lipinski definition) is 4. The third-order valence-corrected chi connectivity index (χ3v) is 5.92. The fraction of sp³-hybridized carbons (Fsp3) is 0.222. The van der Waals surface area contributed by atoms with Crippen LogP contribution >= 0.6 is 0 Å². The van der Waals surface area contributed by atoms with Gasteiger partial charge in [0.1, 0.15) is 6.73 Å². The normalized spacial score (nSPS) is 16.5. The Labute approximate surface area is 204 Å². The molecule has 1 atom stereocenters. The van der Waals surface area contributed by atoms with E-state index in [2.05, 4.69) is 16.0 Å². The lowest BCUT2D eigenvalue weighted by Crippen LogP contribution is -2.56. The molecule has 0 aliphatic carbocycles. The average molecular weight is 473 g/mol. The Morgan fingerprint density at radius 2 is 1.43 bits per heavy atom. The van der Waals surface area contributed by atoms with Crippen LogP contribution in [0, 0.1) is 13.8 Å². The summed E-state index contributed by atoms with van der Waals surface area (Å²) < 4.78 is 5.25. The molecule has 8 nitrogen and oxygen atoms in total. The van der Waals surface area contributed by atoms with Crippen LogP contribution in [0.5, 0.6) is 0 Å². The van der Waals surface area contributed by atoms with Gasteiger partial charge in [0.2, 0.25) is 5.91 Å². The Balaban J connectivity index is 1.66. The van der Waals surface area contributed by atoms with Gasteiger partial charge in [-0.05, 0) is 44.2 Å². The molecule has 0 bridgehead atoms. The van der Waals surface area contributed by atoms with E-state index in [1.165, 1.54) is 12.0 Å². The molecule has 1 aliphatic heterocycles. The SMILES string of the molecule is COCN1C(=O)C(CC(=O)Nc2ccc(C)cc2)(NC(=O)Nc2ccc(C)cc2)c2ccccc21. The number of benzene rings is 3. The summed E-state index contributed by atoms with van der Waals surface area (Å²) in [5, 5.41) is 8.42. The fourth-order valence-electron chi connectivity index (χ4n) is 4.19. The summed E-state index contributed by atoms with van der Waals surface area (Å²) in [6, 6.07) is 21.1. The molecular formula is C27H28N4O4. The molecular weight excluding hydrogens is 444 g/mol. The van der Waals surface area contributed by atoms with E-state index in [9.17, 15) is 14.4 Å². The Hall–Kier alpha value is -4.17. The second-order valence-electron chi connectivity index (χ2n) is 8.61. The summed E-state index contributed by atoms with van der Waals surface area (Å²) in [6.07, 6.45) is -0.293. The molecule has 0 fully saturated rings. The molecule has 3 aromatic carbocycles. The Bertz CT molecular complexity index is 1180. The van der Waals surface area contributed by atoms with E-state index >= 15 is 0 Å². The Morgan fingerprint density at radius 1 is 0.857 bits per heavy atom. The second-order valence-corrected chi connectivity index (χ2v) is 8.61. The largest absolute Gasteiger partial charge is 0.364 e. The zero-order valence-electron chi connectivity index (χ0n) is 19.9. The first-order chi connectivity index (χ1) is 16.8. The van der Waals surface area contributed by atoms with Crippen molar-refractivity contribution in [3.63, 3.8) is 0 Å². The third kappa shape index (κ3) is 5.02. The smallest absolute Gasteiger partial charge is 0.320 e. The first-order valence-electron chi connectivity index (χ1n) is 11.2. The van der Waals surface area contributed by atoms with Crippen molar-refractivity contribution in [3.05, 3.63) is 89.5 Å². The van der Waals surface area contributed by atoms with Gasteiger partial charge in [-0.25, -0.2) is 4.79 Å². The summed E-state index contributed by atoms with van der Waals surface area (Å²) in [5.41, 5.74) is 2.78. The molecule has 0 saturated heterocycles. The Morgan fingerprint density at radius 3 is 2.03 bits per heavy atom. The molecule has 3 aromatic rings. The van der Waals surface area contributed by atoms with Crippen molar-refractivity contribution in [3.8, 4) is 0 Å². The van der Waals surface area contributed by atoms with Gasteiger partial charge in [-0.15, -0.1) is 0 Å². The van der Waals surface area contributed by atoms with Crippen molar-refractivity contribution in [2.24, 2.45) is 0 Å². The Kier molecular flexibility index (Phi) is 6.84. The monoisotopic (exact) mass is 472 g/mol. The number of nitrogens with zero attached hydrogens (tertiary/aromatic N) is 1. The highest BCUT2D eigenvalue weighted by Crippen LogP contribution is 2.42. The second kappa shape index (κ2) is 9.99. The van der Waals surface area contributed by atoms with Crippen molar-refractivity contribution in [2.75, 3.05) is 29.4 Å². The van der Waals surface area contributed by atoms with Crippen LogP contribution in [0.25, 0.3) is 0 Å². The summed E-state index contributed by atoms with van der Waals surface area (Å²) >= 11 is 0. The van der Waals surface area contributed by atoms with E-state index in [4.69, 9.17) is 4.74 Å². The molecule has 1 aliphatic rings. The predicted molar refractivity (Wildman–Crippen MR) is 135 cm³/mol. The molecule has 0 radical (unpaired) electrons. The first kappa shape index (κ1) is 24.0. The quantitative estimate of drug-likeness (QED) is 0.477. The molecule has 0 saturated carbocycles. The van der Waals surface area contributed by atoms with Crippen molar-refractivity contribution in [2.45, 2.75) is 25.8 Å². The highest BCUT2D eigenvalue weighted by Gasteiger charge is 2.53. The van der Waals surface area contributed by atoms with E-state index in [1.54, 1.807) is 48.5 Å². The summed E-state index contributed by atoms with van der Waals surface area (Å²) in [4.78, 5) is 41.5. The first-order valence-corrected chi connectivity index (χ1v) is 11.2. The topological polar surface area (TPSA) is 99.8 Å². The van der Waals surface area contributed by atoms with Gasteiger partial charge < -0.3 is 20.7 Å². The van der Waals surface area contributed by atoms with Crippen LogP contribution in [0.1, 0.15) is 23.1 Å². The van der Waals surface area contributed by atoms with E-state index in [-0.39, 0.29) is 13.2 Å². The number of para-hydroxylation sites is 1. The maximum absolute atomic E-state index is 13.8. The van der Waals surface area contributed by atoms with Gasteiger partial charge in [0, 0.05) is 24.0 Å². The number of carbonyl (C=O) groups is 3. The molecule has 4 amide bonds. The van der Waals surface area contributed by atoms with Gasteiger partial charge >= 0.3 is 6.03 Å². The molecule has 0 aromatic heterocycles. The number of urea groups is 1. The van der Waals surface area contributed by atoms with Crippen LogP contribution in [0.2, 0.25) is 0 Å². The summed E-state index contributed by atoms with van der Waals surface area (Å²) in [7, 11) is 1.48. The average Bonchev–Trinajstić information content (AvgIpc) is 3.05. The minimum absolute atomic E-state index is 0.0154. The van der Waals surface area contributed by atoms with Crippen molar-refractivity contribution in [1.82, 2.24) is 5.32 Å². The van der Waals surface area contributed by atoms with Crippen LogP contribution in [0.3, 0.4) is 0 Å². The third-order valence-electron chi connectivity index (χ3n) is 5.92. The number of anilines is 3. The number of methoxy groups -OCH3 is 1. The lowest BCUT2D eigenvalue weighted by Gasteiger charge is -2.29. The maximum Gasteiger partial charge on any atom is 0.320 e. The number of nitrogens with one attached hydrogen (secondary N) is 3. The van der Waals surface area contributed by atoms with Crippen molar-refractivity contribution in [1.29, 1.82) is 0 Å². The molecule has 8 heteroatoms. The minimum atomic E-state index is -1.61. The molecule has 1 unspecified atom stereocenters. The number of ether oxygens (including phenoxy) is 1. The van der Waals surface area contributed by atoms with E-state index < -0.39 is 23.4 Å². The van der Waals surface area contributed by atoms with Gasteiger partial charge in [-0.1, -0.05) is 53.6 Å². The van der Waals surface area contributed by atoms with Gasteiger partial charge in [-0.2, -0.15) is 0 Å². The van der Waals surface area contributed by atoms with E-state index in [0.29, 0.717) is 22.6 Å². The van der Waals surface area contributed by atoms with Crippen LogP contribution in [0.15, 0.2) is 72.8 Å². The molecule has 35 heavy (non-hydrogen) atoms. The predicted octanol–water partition coefficient (Wildman–Crippen LogP) is 4.30. The van der Waals surface area contributed by atoms with Crippen LogP contribution in [-0.4, -0.2) is 31.7 Å². The molecule has 0 spiro atoms. The molecule has 4 rings (SSSR count). The lowest BCUT2D eigenvalue weighted by atomic mass is 9.87. The molecule has 180 valence electrons. The van der Waals surface area contributed by atoms with E-state index in [0.717, 1.165) is 11.1 Å².